The second-order valence-corrected chi connectivity index (χ2v) is 5.75. The molecule has 0 amide bonds. The Morgan fingerprint density at radius 3 is 3.00 bits per heavy atom. The van der Waals surface area contributed by atoms with E-state index in [0.717, 1.165) is 46.0 Å². The molecule has 0 fully saturated rings. The zero-order valence-electron chi connectivity index (χ0n) is 10.9. The fraction of sp³-hybridized carbons (Fsp3) is 0.417. The number of aromatic amines is 1. The summed E-state index contributed by atoms with van der Waals surface area (Å²) in [6, 6.07) is 0. The normalized spacial score (nSPS) is 11.5. The van der Waals surface area contributed by atoms with E-state index in [1.165, 1.54) is 0 Å². The molecule has 100 valence electrons. The van der Waals surface area contributed by atoms with Crippen molar-refractivity contribution in [3.05, 3.63) is 27.0 Å². The Bertz CT molecular complexity index is 747. The lowest BCUT2D eigenvalue weighted by atomic mass is 10.3. The summed E-state index contributed by atoms with van der Waals surface area (Å²) in [6.45, 7) is 2.93. The molecule has 3 aromatic rings. The summed E-state index contributed by atoms with van der Waals surface area (Å²) in [5, 5.41) is 7.65. The van der Waals surface area contributed by atoms with E-state index in [1.54, 1.807) is 11.3 Å². The Morgan fingerprint density at radius 1 is 1.47 bits per heavy atom. The van der Waals surface area contributed by atoms with Crippen LogP contribution in [0.3, 0.4) is 0 Å². The van der Waals surface area contributed by atoms with Crippen LogP contribution in [-0.4, -0.2) is 24.3 Å². The van der Waals surface area contributed by atoms with Crippen molar-refractivity contribution in [3.63, 3.8) is 0 Å². The number of nitrogens with one attached hydrogen (secondary N) is 1. The van der Waals surface area contributed by atoms with Crippen LogP contribution in [-0.2, 0) is 26.4 Å². The van der Waals surface area contributed by atoms with Gasteiger partial charge in [0.05, 0.1) is 10.7 Å². The quantitative estimate of drug-likeness (QED) is 0.752. The number of aromatic nitrogens is 5. The van der Waals surface area contributed by atoms with Crippen molar-refractivity contribution in [2.24, 2.45) is 7.05 Å². The number of H-pyrrole nitrogens is 1. The molecule has 3 heterocycles. The lowest BCUT2D eigenvalue weighted by Crippen LogP contribution is -2.05. The molecule has 3 rings (SSSR count). The topological polar surface area (TPSA) is 51.4 Å². The van der Waals surface area contributed by atoms with Crippen molar-refractivity contribution < 1.29 is 0 Å². The van der Waals surface area contributed by atoms with Crippen LogP contribution < -0.4 is 0 Å². The fourth-order valence-corrected chi connectivity index (χ4v) is 3.21. The van der Waals surface area contributed by atoms with Gasteiger partial charge in [0.15, 0.2) is 10.4 Å². The fourth-order valence-electron chi connectivity index (χ4n) is 2.32. The predicted molar refractivity (Wildman–Crippen MR) is 79.1 cm³/mol. The zero-order valence-corrected chi connectivity index (χ0v) is 12.5. The maximum absolute atomic E-state index is 5.42. The maximum Gasteiger partial charge on any atom is 0.179 e. The first kappa shape index (κ1) is 12.6. The molecule has 0 bridgehead atoms. The van der Waals surface area contributed by atoms with Crippen LogP contribution in [0.25, 0.3) is 11.2 Å². The third-order valence-electron chi connectivity index (χ3n) is 3.19. The van der Waals surface area contributed by atoms with Gasteiger partial charge in [-0.15, -0.1) is 11.3 Å². The van der Waals surface area contributed by atoms with Crippen LogP contribution in [0, 0.1) is 4.77 Å². The van der Waals surface area contributed by atoms with Gasteiger partial charge in [-0.1, -0.05) is 6.92 Å². The van der Waals surface area contributed by atoms with Gasteiger partial charge in [-0.25, -0.2) is 4.98 Å². The van der Waals surface area contributed by atoms with Crippen molar-refractivity contribution in [3.8, 4) is 0 Å². The number of imidazole rings is 1. The molecule has 0 aliphatic carbocycles. The Kier molecular flexibility index (Phi) is 3.24. The average molecular weight is 293 g/mol. The van der Waals surface area contributed by atoms with E-state index in [4.69, 9.17) is 12.2 Å². The first-order valence-electron chi connectivity index (χ1n) is 6.23. The third kappa shape index (κ3) is 2.12. The first-order chi connectivity index (χ1) is 9.20. The van der Waals surface area contributed by atoms with E-state index in [0.29, 0.717) is 0 Å². The minimum atomic E-state index is 0.759. The molecule has 0 atom stereocenters. The molecule has 0 saturated heterocycles. The van der Waals surface area contributed by atoms with Gasteiger partial charge in [-0.2, -0.15) is 5.10 Å². The number of hydrogen-bond acceptors (Lipinski definition) is 4. The molecule has 0 aromatic carbocycles. The van der Waals surface area contributed by atoms with Gasteiger partial charge in [0.1, 0.15) is 5.52 Å². The van der Waals surface area contributed by atoms with E-state index in [1.807, 2.05) is 23.3 Å². The highest BCUT2D eigenvalue weighted by Crippen LogP contribution is 2.19. The highest BCUT2D eigenvalue weighted by Gasteiger charge is 2.14. The molecule has 0 aliphatic heterocycles. The van der Waals surface area contributed by atoms with Crippen LogP contribution in [0.5, 0.6) is 0 Å². The maximum atomic E-state index is 5.42. The molecule has 0 saturated carbocycles. The van der Waals surface area contributed by atoms with Crippen LogP contribution >= 0.6 is 23.6 Å². The third-order valence-corrected chi connectivity index (χ3v) is 4.35. The Labute approximate surface area is 119 Å². The number of aryl methyl sites for hydroxylation is 4. The molecule has 19 heavy (non-hydrogen) atoms. The molecule has 7 heteroatoms. The van der Waals surface area contributed by atoms with Gasteiger partial charge in [0.2, 0.25) is 0 Å². The molecular formula is C12H15N5S2. The van der Waals surface area contributed by atoms with Gasteiger partial charge >= 0.3 is 0 Å². The van der Waals surface area contributed by atoms with Crippen LogP contribution in [0.15, 0.2) is 11.6 Å². The summed E-state index contributed by atoms with van der Waals surface area (Å²) in [5.74, 6) is 0. The molecular weight excluding hydrogens is 278 g/mol. The van der Waals surface area contributed by atoms with Gasteiger partial charge < -0.3 is 9.55 Å². The van der Waals surface area contributed by atoms with Crippen LogP contribution in [0.2, 0.25) is 0 Å². The molecule has 0 unspecified atom stereocenters. The second-order valence-electron chi connectivity index (χ2n) is 4.38. The zero-order chi connectivity index (χ0) is 13.4. The van der Waals surface area contributed by atoms with Crippen molar-refractivity contribution in [2.75, 3.05) is 0 Å². The van der Waals surface area contributed by atoms with Crippen molar-refractivity contribution in [1.82, 2.24) is 24.3 Å². The molecule has 1 N–H and O–H groups in total. The van der Waals surface area contributed by atoms with Gasteiger partial charge in [0, 0.05) is 31.6 Å². The number of rotatable bonds is 4. The van der Waals surface area contributed by atoms with Gasteiger partial charge in [0.25, 0.3) is 0 Å². The van der Waals surface area contributed by atoms with E-state index in [9.17, 15) is 0 Å². The predicted octanol–water partition coefficient (Wildman–Crippen LogP) is 2.69. The standard InChI is InChI=1S/C12H15N5S2/c1-3-8-10-11(16(2)15-8)17(12(18)14-10)6-4-9-13-5-7-19-9/h5,7H,3-4,6H2,1-2H3,(H,14,18). The average Bonchev–Trinajstić information content (AvgIpc) is 3.06. The van der Waals surface area contributed by atoms with Crippen molar-refractivity contribution >= 4 is 34.7 Å². The van der Waals surface area contributed by atoms with Crippen LogP contribution in [0.4, 0.5) is 0 Å². The Hall–Kier alpha value is -1.47. The smallest absolute Gasteiger partial charge is 0.179 e. The van der Waals surface area contributed by atoms with Crippen molar-refractivity contribution in [1.29, 1.82) is 0 Å². The molecule has 0 spiro atoms. The molecule has 3 aromatic heterocycles. The lowest BCUT2D eigenvalue weighted by molar-refractivity contribution is 0.661. The number of hydrogen-bond donors (Lipinski definition) is 1. The second kappa shape index (κ2) is 4.90. The monoisotopic (exact) mass is 293 g/mol. The molecule has 5 nitrogen and oxygen atoms in total. The molecule has 0 radical (unpaired) electrons. The van der Waals surface area contributed by atoms with E-state index < -0.39 is 0 Å². The van der Waals surface area contributed by atoms with Gasteiger partial charge in [-0.05, 0) is 18.6 Å². The Morgan fingerprint density at radius 2 is 2.32 bits per heavy atom. The Balaban J connectivity index is 2.00. The van der Waals surface area contributed by atoms with Gasteiger partial charge in [-0.3, -0.25) is 4.68 Å². The number of nitrogens with zero attached hydrogens (tertiary/aromatic N) is 4. The highest BCUT2D eigenvalue weighted by atomic mass is 32.1. The summed E-state index contributed by atoms with van der Waals surface area (Å²) in [7, 11) is 1.96. The van der Waals surface area contributed by atoms with E-state index in [2.05, 4.69) is 26.6 Å². The number of thiazole rings is 1. The van der Waals surface area contributed by atoms with Crippen LogP contribution in [0.1, 0.15) is 17.6 Å². The summed E-state index contributed by atoms with van der Waals surface area (Å²) in [5.41, 5.74) is 3.20. The lowest BCUT2D eigenvalue weighted by Gasteiger charge is -2.02. The summed E-state index contributed by atoms with van der Waals surface area (Å²) >= 11 is 7.10. The van der Waals surface area contributed by atoms with E-state index >= 15 is 0 Å². The number of fused-ring (bicyclic) bond motifs is 1. The largest absolute Gasteiger partial charge is 0.328 e. The van der Waals surface area contributed by atoms with Crippen molar-refractivity contribution in [2.45, 2.75) is 26.3 Å². The minimum Gasteiger partial charge on any atom is -0.328 e. The summed E-state index contributed by atoms with van der Waals surface area (Å²) in [4.78, 5) is 7.58. The molecule has 0 aliphatic rings. The highest BCUT2D eigenvalue weighted by molar-refractivity contribution is 7.71. The summed E-state index contributed by atoms with van der Waals surface area (Å²) < 4.78 is 4.77. The SMILES string of the molecule is CCc1nn(C)c2c1[nH]c(=S)n2CCc1nccs1. The van der Waals surface area contributed by atoms with E-state index in [-0.39, 0.29) is 0 Å². The minimum absolute atomic E-state index is 0.759. The first-order valence-corrected chi connectivity index (χ1v) is 7.52. The summed E-state index contributed by atoms with van der Waals surface area (Å²) in [6.07, 6.45) is 3.63.